The van der Waals surface area contributed by atoms with Crippen LogP contribution in [0, 0.1) is 0 Å². The van der Waals surface area contributed by atoms with Gasteiger partial charge < -0.3 is 10.1 Å². The Bertz CT molecular complexity index is 453. The predicted molar refractivity (Wildman–Crippen MR) is 92.1 cm³/mol. The van der Waals surface area contributed by atoms with Crippen molar-refractivity contribution in [3.63, 3.8) is 0 Å². The first kappa shape index (κ1) is 15.9. The molecule has 118 valence electrons. The molecule has 1 aromatic rings. The van der Waals surface area contributed by atoms with E-state index in [4.69, 9.17) is 4.74 Å². The summed E-state index contributed by atoms with van der Waals surface area (Å²) in [6, 6.07) is 3.35. The van der Waals surface area contributed by atoms with Crippen molar-refractivity contribution < 1.29 is 4.74 Å². The van der Waals surface area contributed by atoms with Crippen LogP contribution in [-0.2, 0) is 11.2 Å². The number of hydrogen-bond acceptors (Lipinski definition) is 4. The minimum Gasteiger partial charge on any atom is -0.374 e. The quantitative estimate of drug-likeness (QED) is 0.828. The van der Waals surface area contributed by atoms with Crippen LogP contribution in [-0.4, -0.2) is 49.3 Å². The predicted octanol–water partition coefficient (Wildman–Crippen LogP) is 3.28. The van der Waals surface area contributed by atoms with Gasteiger partial charge in [-0.15, -0.1) is 11.3 Å². The molecule has 3 nitrogen and oxygen atoms in total. The Kier molecular flexibility index (Phi) is 5.73. The zero-order valence-electron chi connectivity index (χ0n) is 12.7. The van der Waals surface area contributed by atoms with E-state index in [0.29, 0.717) is 18.2 Å². The molecule has 3 unspecified atom stereocenters. The van der Waals surface area contributed by atoms with E-state index in [1.165, 1.54) is 35.2 Å². The van der Waals surface area contributed by atoms with E-state index < -0.39 is 0 Å². The maximum absolute atomic E-state index is 6.22. The lowest BCUT2D eigenvalue weighted by atomic mass is 10.0. The zero-order chi connectivity index (χ0) is 14.7. The summed E-state index contributed by atoms with van der Waals surface area (Å²) in [5, 5.41) is 5.89. The van der Waals surface area contributed by atoms with Crippen molar-refractivity contribution in [3.05, 3.63) is 20.8 Å². The molecule has 0 bridgehead atoms. The lowest BCUT2D eigenvalue weighted by Crippen LogP contribution is -2.54. The molecular weight excluding hydrogens is 348 g/mol. The molecule has 2 saturated heterocycles. The molecule has 3 rings (SSSR count). The zero-order valence-corrected chi connectivity index (χ0v) is 15.1. The molecule has 0 amide bonds. The van der Waals surface area contributed by atoms with Crippen molar-refractivity contribution in [2.24, 2.45) is 0 Å². The van der Waals surface area contributed by atoms with E-state index in [2.05, 4.69) is 44.5 Å². The largest absolute Gasteiger partial charge is 0.374 e. The second-order valence-corrected chi connectivity index (χ2v) is 8.07. The monoisotopic (exact) mass is 372 g/mol. The molecule has 1 aromatic heterocycles. The molecule has 21 heavy (non-hydrogen) atoms. The minimum absolute atomic E-state index is 0.326. The average Bonchev–Trinajstić information content (AvgIpc) is 3.11. The van der Waals surface area contributed by atoms with Crippen molar-refractivity contribution in [3.8, 4) is 0 Å². The molecule has 0 radical (unpaired) electrons. The lowest BCUT2D eigenvalue weighted by Gasteiger charge is -2.39. The van der Waals surface area contributed by atoms with Crippen molar-refractivity contribution >= 4 is 27.3 Å². The number of nitrogens with one attached hydrogen (secondary N) is 1. The molecule has 3 heterocycles. The molecule has 0 aromatic carbocycles. The third kappa shape index (κ3) is 4.08. The number of halogens is 1. The lowest BCUT2D eigenvalue weighted by molar-refractivity contribution is -0.0642. The van der Waals surface area contributed by atoms with Crippen LogP contribution in [0.25, 0.3) is 0 Å². The van der Waals surface area contributed by atoms with Crippen LogP contribution >= 0.6 is 27.3 Å². The summed E-state index contributed by atoms with van der Waals surface area (Å²) in [5.41, 5.74) is 0. The van der Waals surface area contributed by atoms with Gasteiger partial charge in [-0.3, -0.25) is 4.90 Å². The van der Waals surface area contributed by atoms with E-state index in [1.807, 2.05) is 11.3 Å². The molecule has 0 spiro atoms. The van der Waals surface area contributed by atoms with Crippen LogP contribution in [0.3, 0.4) is 0 Å². The molecule has 5 heteroatoms. The van der Waals surface area contributed by atoms with Crippen LogP contribution in [0.4, 0.5) is 0 Å². The molecule has 3 atom stereocenters. The first-order chi connectivity index (χ1) is 10.3. The van der Waals surface area contributed by atoms with Gasteiger partial charge in [-0.25, -0.2) is 0 Å². The van der Waals surface area contributed by atoms with Crippen molar-refractivity contribution in [1.82, 2.24) is 10.2 Å². The SMILES string of the molecule is CCCNC(Cc1cc(Br)cs1)C1CN2CCCC2CO1. The molecule has 0 saturated carbocycles. The summed E-state index contributed by atoms with van der Waals surface area (Å²) >= 11 is 5.40. The Morgan fingerprint density at radius 2 is 2.48 bits per heavy atom. The summed E-state index contributed by atoms with van der Waals surface area (Å²) in [6.45, 7) is 6.57. The summed E-state index contributed by atoms with van der Waals surface area (Å²) in [6.07, 6.45) is 5.22. The number of morpholine rings is 1. The van der Waals surface area contributed by atoms with Gasteiger partial charge in [0.05, 0.1) is 12.7 Å². The Morgan fingerprint density at radius 3 is 3.24 bits per heavy atom. The fraction of sp³-hybridized carbons (Fsp3) is 0.750. The van der Waals surface area contributed by atoms with Gasteiger partial charge in [0, 0.05) is 33.4 Å². The van der Waals surface area contributed by atoms with Crippen molar-refractivity contribution in [2.75, 3.05) is 26.2 Å². The highest BCUT2D eigenvalue weighted by Crippen LogP contribution is 2.26. The first-order valence-electron chi connectivity index (χ1n) is 8.08. The third-order valence-corrected chi connectivity index (χ3v) is 6.28. The van der Waals surface area contributed by atoms with Gasteiger partial charge in [-0.2, -0.15) is 0 Å². The van der Waals surface area contributed by atoms with Gasteiger partial charge in [0.1, 0.15) is 0 Å². The maximum atomic E-state index is 6.22. The summed E-state index contributed by atoms with van der Waals surface area (Å²) < 4.78 is 7.41. The number of hydrogen-bond donors (Lipinski definition) is 1. The summed E-state index contributed by atoms with van der Waals surface area (Å²) in [7, 11) is 0. The van der Waals surface area contributed by atoms with Crippen LogP contribution in [0.5, 0.6) is 0 Å². The second kappa shape index (κ2) is 7.55. The Balaban J connectivity index is 1.63. The van der Waals surface area contributed by atoms with Crippen LogP contribution in [0.1, 0.15) is 31.1 Å². The summed E-state index contributed by atoms with van der Waals surface area (Å²) in [4.78, 5) is 4.07. The fourth-order valence-corrected chi connectivity index (χ4v) is 4.94. The number of thiophene rings is 1. The van der Waals surface area contributed by atoms with E-state index in [-0.39, 0.29) is 0 Å². The fourth-order valence-electron chi connectivity index (χ4n) is 3.43. The molecule has 2 aliphatic rings. The van der Waals surface area contributed by atoms with Crippen molar-refractivity contribution in [2.45, 2.75) is 50.8 Å². The molecule has 2 fully saturated rings. The standard InChI is InChI=1S/C16H25BrN2OS/c1-2-5-18-15(8-14-7-12(17)11-21-14)16-9-19-6-3-4-13(19)10-20-16/h7,11,13,15-16,18H,2-6,8-10H2,1H3. The van der Waals surface area contributed by atoms with Crippen molar-refractivity contribution in [1.29, 1.82) is 0 Å². The highest BCUT2D eigenvalue weighted by atomic mass is 79.9. The third-order valence-electron chi connectivity index (χ3n) is 4.56. The highest BCUT2D eigenvalue weighted by Gasteiger charge is 2.35. The Labute approximate surface area is 140 Å². The Morgan fingerprint density at radius 1 is 1.57 bits per heavy atom. The number of rotatable bonds is 6. The Hall–Kier alpha value is 0.0600. The number of nitrogens with zero attached hydrogens (tertiary/aromatic N) is 1. The second-order valence-electron chi connectivity index (χ2n) is 6.16. The smallest absolute Gasteiger partial charge is 0.0859 e. The van der Waals surface area contributed by atoms with E-state index in [9.17, 15) is 0 Å². The van der Waals surface area contributed by atoms with E-state index >= 15 is 0 Å². The number of fused-ring (bicyclic) bond motifs is 1. The van der Waals surface area contributed by atoms with E-state index in [1.54, 1.807) is 0 Å². The van der Waals surface area contributed by atoms with Crippen LogP contribution < -0.4 is 5.32 Å². The molecular formula is C16H25BrN2OS. The highest BCUT2D eigenvalue weighted by molar-refractivity contribution is 9.10. The first-order valence-corrected chi connectivity index (χ1v) is 9.75. The van der Waals surface area contributed by atoms with Gasteiger partial charge >= 0.3 is 0 Å². The number of ether oxygens (including phenoxy) is 1. The van der Waals surface area contributed by atoms with Crippen LogP contribution in [0.15, 0.2) is 15.9 Å². The van der Waals surface area contributed by atoms with Gasteiger partial charge in [-0.05, 0) is 60.8 Å². The van der Waals surface area contributed by atoms with Crippen LogP contribution in [0.2, 0.25) is 0 Å². The minimum atomic E-state index is 0.326. The summed E-state index contributed by atoms with van der Waals surface area (Å²) in [5.74, 6) is 0. The van der Waals surface area contributed by atoms with Gasteiger partial charge in [0.15, 0.2) is 0 Å². The molecule has 2 aliphatic heterocycles. The molecule has 1 N–H and O–H groups in total. The van der Waals surface area contributed by atoms with Gasteiger partial charge in [0.25, 0.3) is 0 Å². The topological polar surface area (TPSA) is 24.5 Å². The average molecular weight is 373 g/mol. The molecule has 0 aliphatic carbocycles. The van der Waals surface area contributed by atoms with E-state index in [0.717, 1.165) is 26.1 Å². The maximum Gasteiger partial charge on any atom is 0.0859 e. The van der Waals surface area contributed by atoms with Gasteiger partial charge in [0.2, 0.25) is 0 Å². The van der Waals surface area contributed by atoms with Gasteiger partial charge in [-0.1, -0.05) is 6.92 Å². The normalized spacial score (nSPS) is 27.7.